The van der Waals surface area contributed by atoms with Gasteiger partial charge in [-0.3, -0.25) is 0 Å². The first-order valence-corrected chi connectivity index (χ1v) is 10.7. The largest absolute Gasteiger partial charge is 0.485 e. The highest BCUT2D eigenvalue weighted by Crippen LogP contribution is 2.39. The summed E-state index contributed by atoms with van der Waals surface area (Å²) in [4.78, 5) is 12.7. The molecule has 0 fully saturated rings. The molecule has 0 unspecified atom stereocenters. The van der Waals surface area contributed by atoms with E-state index in [2.05, 4.69) is 0 Å². The molecule has 1 aromatic heterocycles. The summed E-state index contributed by atoms with van der Waals surface area (Å²) in [6.07, 6.45) is 3.77. The first-order valence-electron chi connectivity index (χ1n) is 10.7. The van der Waals surface area contributed by atoms with E-state index >= 15 is 0 Å². The van der Waals surface area contributed by atoms with Gasteiger partial charge in [-0.05, 0) is 54.5 Å². The molecule has 156 valence electrons. The molecule has 4 heteroatoms. The second-order valence-electron chi connectivity index (χ2n) is 7.87. The number of fused-ring (bicyclic) bond motifs is 3. The molecule has 0 atom stereocenters. The summed E-state index contributed by atoms with van der Waals surface area (Å²) < 4.78 is 18.1. The molecule has 4 nitrogen and oxygen atoms in total. The molecule has 0 N–H and O–H groups in total. The third-order valence-corrected chi connectivity index (χ3v) is 5.77. The Labute approximate surface area is 181 Å². The standard InChI is InChI=1S/C27H24O4/c28-27-23-14-8-7-13-21(23)22-15-16-24(29-17-19-9-3-1-4-10-19)26(25(22)31-27)30-18-20-11-5-2-6-12-20/h1-6,9-12,15-16H,7-8,13-14,17-18H2. The van der Waals surface area contributed by atoms with Crippen LogP contribution in [-0.2, 0) is 26.1 Å². The van der Waals surface area contributed by atoms with Crippen LogP contribution >= 0.6 is 0 Å². The average molecular weight is 412 g/mol. The zero-order chi connectivity index (χ0) is 21.0. The maximum Gasteiger partial charge on any atom is 0.339 e. The summed E-state index contributed by atoms with van der Waals surface area (Å²) in [7, 11) is 0. The van der Waals surface area contributed by atoms with Gasteiger partial charge < -0.3 is 13.9 Å². The van der Waals surface area contributed by atoms with Gasteiger partial charge in [0.25, 0.3) is 0 Å². The lowest BCUT2D eigenvalue weighted by molar-refractivity contribution is 0.255. The van der Waals surface area contributed by atoms with Crippen LogP contribution in [0.25, 0.3) is 11.0 Å². The third kappa shape index (κ3) is 4.06. The van der Waals surface area contributed by atoms with Crippen molar-refractivity contribution < 1.29 is 13.9 Å². The molecule has 1 aliphatic carbocycles. The molecule has 0 saturated heterocycles. The predicted octanol–water partition coefficient (Wildman–Crippen LogP) is 5.83. The van der Waals surface area contributed by atoms with Gasteiger partial charge in [-0.1, -0.05) is 60.7 Å². The topological polar surface area (TPSA) is 48.7 Å². The van der Waals surface area contributed by atoms with E-state index in [-0.39, 0.29) is 5.63 Å². The number of hydrogen-bond donors (Lipinski definition) is 0. The van der Waals surface area contributed by atoms with Crippen LogP contribution in [0.2, 0.25) is 0 Å². The molecule has 3 aromatic carbocycles. The minimum absolute atomic E-state index is 0.257. The van der Waals surface area contributed by atoms with Crippen LogP contribution in [0, 0.1) is 0 Å². The van der Waals surface area contributed by atoms with E-state index < -0.39 is 0 Å². The van der Waals surface area contributed by atoms with E-state index in [4.69, 9.17) is 13.9 Å². The number of ether oxygens (including phenoxy) is 2. The van der Waals surface area contributed by atoms with Crippen LogP contribution in [0.4, 0.5) is 0 Å². The highest BCUT2D eigenvalue weighted by molar-refractivity contribution is 5.89. The number of hydrogen-bond acceptors (Lipinski definition) is 4. The van der Waals surface area contributed by atoms with Crippen LogP contribution in [0.1, 0.15) is 35.1 Å². The van der Waals surface area contributed by atoms with E-state index in [1.807, 2.05) is 72.8 Å². The first-order chi connectivity index (χ1) is 15.3. The maximum atomic E-state index is 12.7. The van der Waals surface area contributed by atoms with Crippen molar-refractivity contribution in [2.75, 3.05) is 0 Å². The quantitative estimate of drug-likeness (QED) is 0.374. The minimum Gasteiger partial charge on any atom is -0.485 e. The molecule has 0 amide bonds. The lowest BCUT2D eigenvalue weighted by Gasteiger charge is -2.19. The fourth-order valence-corrected chi connectivity index (χ4v) is 4.18. The molecule has 0 saturated carbocycles. The van der Waals surface area contributed by atoms with Gasteiger partial charge in [0, 0.05) is 10.9 Å². The second kappa shape index (κ2) is 8.68. The van der Waals surface area contributed by atoms with Gasteiger partial charge in [0.05, 0.1) is 0 Å². The van der Waals surface area contributed by atoms with Gasteiger partial charge in [0.2, 0.25) is 5.75 Å². The van der Waals surface area contributed by atoms with Crippen molar-refractivity contribution in [1.29, 1.82) is 0 Å². The lowest BCUT2D eigenvalue weighted by atomic mass is 9.90. The molecule has 0 aliphatic heterocycles. The monoisotopic (exact) mass is 412 g/mol. The van der Waals surface area contributed by atoms with Gasteiger partial charge in [0.1, 0.15) is 13.2 Å². The van der Waals surface area contributed by atoms with Crippen molar-refractivity contribution in [3.05, 3.63) is 105 Å². The van der Waals surface area contributed by atoms with Crippen LogP contribution in [0.15, 0.2) is 82.0 Å². The summed E-state index contributed by atoms with van der Waals surface area (Å²) in [5, 5.41) is 0.949. The molecular weight excluding hydrogens is 388 g/mol. The molecule has 1 heterocycles. The number of aryl methyl sites for hydroxylation is 1. The van der Waals surface area contributed by atoms with E-state index in [9.17, 15) is 4.79 Å². The Kier molecular flexibility index (Phi) is 5.44. The first kappa shape index (κ1) is 19.4. The fourth-order valence-electron chi connectivity index (χ4n) is 4.18. The Balaban J connectivity index is 1.56. The van der Waals surface area contributed by atoms with Gasteiger partial charge in [0.15, 0.2) is 11.3 Å². The van der Waals surface area contributed by atoms with Crippen LogP contribution in [-0.4, -0.2) is 0 Å². The highest BCUT2D eigenvalue weighted by Gasteiger charge is 2.22. The predicted molar refractivity (Wildman–Crippen MR) is 121 cm³/mol. The molecule has 5 rings (SSSR count). The van der Waals surface area contributed by atoms with Gasteiger partial charge in [-0.25, -0.2) is 4.79 Å². The molecule has 31 heavy (non-hydrogen) atoms. The highest BCUT2D eigenvalue weighted by atomic mass is 16.5. The summed E-state index contributed by atoms with van der Waals surface area (Å²) in [6, 6.07) is 23.8. The molecule has 0 radical (unpaired) electrons. The van der Waals surface area contributed by atoms with E-state index in [0.717, 1.165) is 53.3 Å². The van der Waals surface area contributed by atoms with Crippen molar-refractivity contribution in [3.8, 4) is 11.5 Å². The summed E-state index contributed by atoms with van der Waals surface area (Å²) >= 11 is 0. The van der Waals surface area contributed by atoms with E-state index in [1.165, 1.54) is 0 Å². The Hall–Kier alpha value is -3.53. The van der Waals surface area contributed by atoms with Gasteiger partial charge in [-0.2, -0.15) is 0 Å². The zero-order valence-corrected chi connectivity index (χ0v) is 17.3. The smallest absolute Gasteiger partial charge is 0.339 e. The summed E-state index contributed by atoms with van der Waals surface area (Å²) in [5.74, 6) is 1.06. The van der Waals surface area contributed by atoms with Crippen molar-refractivity contribution in [2.24, 2.45) is 0 Å². The Morgan fingerprint density at radius 1 is 0.710 bits per heavy atom. The molecule has 0 spiro atoms. The van der Waals surface area contributed by atoms with Crippen LogP contribution in [0.3, 0.4) is 0 Å². The van der Waals surface area contributed by atoms with Crippen molar-refractivity contribution >= 4 is 11.0 Å². The molecule has 1 aliphatic rings. The third-order valence-electron chi connectivity index (χ3n) is 5.77. The Morgan fingerprint density at radius 2 is 1.32 bits per heavy atom. The van der Waals surface area contributed by atoms with Crippen molar-refractivity contribution in [1.82, 2.24) is 0 Å². The molecule has 0 bridgehead atoms. The number of benzene rings is 3. The SMILES string of the molecule is O=c1oc2c(OCc3ccccc3)c(OCc3ccccc3)ccc2c2c1CCCC2. The van der Waals surface area contributed by atoms with Crippen molar-refractivity contribution in [3.63, 3.8) is 0 Å². The summed E-state index contributed by atoms with van der Waals surface area (Å²) in [6.45, 7) is 0.770. The van der Waals surface area contributed by atoms with E-state index in [1.54, 1.807) is 0 Å². The van der Waals surface area contributed by atoms with Gasteiger partial charge in [-0.15, -0.1) is 0 Å². The Morgan fingerprint density at radius 3 is 2.00 bits per heavy atom. The normalized spacial score (nSPS) is 13.0. The van der Waals surface area contributed by atoms with Crippen LogP contribution < -0.4 is 15.1 Å². The van der Waals surface area contributed by atoms with Crippen LogP contribution in [0.5, 0.6) is 11.5 Å². The maximum absolute atomic E-state index is 12.7. The average Bonchev–Trinajstić information content (AvgIpc) is 2.83. The van der Waals surface area contributed by atoms with Gasteiger partial charge >= 0.3 is 5.63 Å². The molecular formula is C27H24O4. The number of rotatable bonds is 6. The zero-order valence-electron chi connectivity index (χ0n) is 17.3. The van der Waals surface area contributed by atoms with E-state index in [0.29, 0.717) is 30.3 Å². The second-order valence-corrected chi connectivity index (χ2v) is 7.87. The summed E-state index contributed by atoms with van der Waals surface area (Å²) in [5.41, 5.74) is 4.22. The lowest BCUT2D eigenvalue weighted by Crippen LogP contribution is -2.16. The Bertz CT molecular complexity index is 1240. The molecule has 4 aromatic rings. The van der Waals surface area contributed by atoms with Crippen molar-refractivity contribution in [2.45, 2.75) is 38.9 Å². The fraction of sp³-hybridized carbons (Fsp3) is 0.222. The minimum atomic E-state index is -0.257.